The monoisotopic (exact) mass is 384 g/mol. The molecule has 3 aromatic carbocycles. The van der Waals surface area contributed by atoms with E-state index in [0.717, 1.165) is 33.1 Å². The van der Waals surface area contributed by atoms with Gasteiger partial charge in [-0.25, -0.2) is 4.98 Å². The number of imidazole rings is 1. The smallest absolute Gasteiger partial charge is 0.145 e. The van der Waals surface area contributed by atoms with Gasteiger partial charge < -0.3 is 4.57 Å². The van der Waals surface area contributed by atoms with Crippen molar-refractivity contribution in [1.82, 2.24) is 18.9 Å². The third kappa shape index (κ3) is 1.95. The molecule has 0 bridgehead atoms. The minimum Gasteiger partial charge on any atom is -0.309 e. The number of para-hydroxylation sites is 2. The van der Waals surface area contributed by atoms with Crippen molar-refractivity contribution >= 4 is 49.3 Å². The summed E-state index contributed by atoms with van der Waals surface area (Å²) in [6.45, 7) is 0. The van der Waals surface area contributed by atoms with E-state index >= 15 is 0 Å². The molecule has 0 saturated heterocycles. The van der Waals surface area contributed by atoms with Crippen LogP contribution in [0.2, 0.25) is 0 Å². The molecule has 0 atom stereocenters. The molecule has 0 radical (unpaired) electrons. The topological polar surface area (TPSA) is 35.1 Å². The number of pyridine rings is 2. The van der Waals surface area contributed by atoms with Gasteiger partial charge in [-0.1, -0.05) is 36.4 Å². The molecule has 140 valence electrons. The maximum atomic E-state index is 4.74. The number of nitrogens with zero attached hydrogens (tertiary/aromatic N) is 4. The molecule has 0 amide bonds. The third-order valence-corrected chi connectivity index (χ3v) is 6.01. The minimum atomic E-state index is 0.962. The summed E-state index contributed by atoms with van der Waals surface area (Å²) in [4.78, 5) is 9.42. The molecule has 4 aromatic heterocycles. The van der Waals surface area contributed by atoms with Crippen molar-refractivity contribution in [2.45, 2.75) is 0 Å². The van der Waals surface area contributed by atoms with E-state index in [1.54, 1.807) is 0 Å². The second-order valence-corrected chi connectivity index (χ2v) is 7.60. The lowest BCUT2D eigenvalue weighted by atomic mass is 10.1. The first kappa shape index (κ1) is 15.7. The number of fused-ring (bicyclic) bond motifs is 9. The van der Waals surface area contributed by atoms with Crippen LogP contribution in [0.1, 0.15) is 0 Å². The van der Waals surface area contributed by atoms with Crippen LogP contribution in [0.15, 0.2) is 97.5 Å². The average molecular weight is 384 g/mol. The maximum absolute atomic E-state index is 4.74. The van der Waals surface area contributed by atoms with Gasteiger partial charge in [-0.3, -0.25) is 9.38 Å². The fraction of sp³-hybridized carbons (Fsp3) is 0. The Hall–Kier alpha value is -4.18. The SMILES string of the molecule is c1ccc(-n2c3ccccc3c3cc4c(cc32)c2ncccc2n2ccnc42)cc1. The van der Waals surface area contributed by atoms with Crippen LogP contribution in [0.4, 0.5) is 0 Å². The minimum absolute atomic E-state index is 0.962. The maximum Gasteiger partial charge on any atom is 0.145 e. The first-order valence-electron chi connectivity index (χ1n) is 10.0. The van der Waals surface area contributed by atoms with Crippen molar-refractivity contribution < 1.29 is 0 Å². The summed E-state index contributed by atoms with van der Waals surface area (Å²) in [5, 5.41) is 4.71. The molecule has 30 heavy (non-hydrogen) atoms. The molecule has 0 aliphatic carbocycles. The Morgan fingerprint density at radius 2 is 1.40 bits per heavy atom. The van der Waals surface area contributed by atoms with Crippen LogP contribution in [-0.2, 0) is 0 Å². The highest BCUT2D eigenvalue weighted by Crippen LogP contribution is 2.37. The van der Waals surface area contributed by atoms with Gasteiger partial charge in [0, 0.05) is 45.8 Å². The molecule has 7 aromatic rings. The molecule has 7 rings (SSSR count). The number of hydrogen-bond acceptors (Lipinski definition) is 2. The third-order valence-electron chi connectivity index (χ3n) is 6.01. The van der Waals surface area contributed by atoms with Gasteiger partial charge in [0.05, 0.1) is 22.1 Å². The zero-order valence-electron chi connectivity index (χ0n) is 16.0. The second kappa shape index (κ2) is 5.67. The van der Waals surface area contributed by atoms with Gasteiger partial charge >= 0.3 is 0 Å². The average Bonchev–Trinajstić information content (AvgIpc) is 3.42. The first-order valence-corrected chi connectivity index (χ1v) is 10.0. The van der Waals surface area contributed by atoms with Crippen molar-refractivity contribution in [3.8, 4) is 5.69 Å². The van der Waals surface area contributed by atoms with Crippen LogP contribution < -0.4 is 0 Å². The normalized spacial score (nSPS) is 12.0. The zero-order valence-corrected chi connectivity index (χ0v) is 16.0. The molecule has 4 heteroatoms. The van der Waals surface area contributed by atoms with Gasteiger partial charge in [0.25, 0.3) is 0 Å². The lowest BCUT2D eigenvalue weighted by Crippen LogP contribution is -1.95. The van der Waals surface area contributed by atoms with E-state index in [1.807, 2.05) is 24.7 Å². The van der Waals surface area contributed by atoms with Crippen LogP contribution in [-0.4, -0.2) is 18.9 Å². The van der Waals surface area contributed by atoms with E-state index in [1.165, 1.54) is 21.8 Å². The van der Waals surface area contributed by atoms with Crippen LogP contribution >= 0.6 is 0 Å². The summed E-state index contributed by atoms with van der Waals surface area (Å²) in [6, 6.07) is 27.8. The summed E-state index contributed by atoms with van der Waals surface area (Å²) >= 11 is 0. The highest BCUT2D eigenvalue weighted by molar-refractivity contribution is 6.19. The fourth-order valence-corrected chi connectivity index (χ4v) is 4.75. The predicted octanol–water partition coefficient (Wildman–Crippen LogP) is 6.13. The van der Waals surface area contributed by atoms with Gasteiger partial charge in [0.2, 0.25) is 0 Å². The van der Waals surface area contributed by atoms with Gasteiger partial charge in [-0.2, -0.15) is 0 Å². The molecular formula is C26H16N4. The Morgan fingerprint density at radius 1 is 0.567 bits per heavy atom. The standard InChI is InChI=1S/C26H16N4/c1-2-7-17(8-3-1)30-22-10-5-4-9-18(22)19-15-21-20(16-24(19)30)25-23(11-6-12-27-25)29-14-13-28-26(21)29/h1-16H. The van der Waals surface area contributed by atoms with Crippen LogP contribution in [0, 0.1) is 0 Å². The molecule has 0 unspecified atom stereocenters. The van der Waals surface area contributed by atoms with Crippen LogP contribution in [0.5, 0.6) is 0 Å². The number of rotatable bonds is 1. The molecule has 0 N–H and O–H groups in total. The van der Waals surface area contributed by atoms with E-state index in [-0.39, 0.29) is 0 Å². The molecule has 0 aliphatic rings. The molecule has 0 fully saturated rings. The lowest BCUT2D eigenvalue weighted by Gasteiger charge is -2.10. The Labute approximate surface area is 171 Å². The van der Waals surface area contributed by atoms with Gasteiger partial charge in [-0.15, -0.1) is 0 Å². The summed E-state index contributed by atoms with van der Waals surface area (Å²) in [7, 11) is 0. The highest BCUT2D eigenvalue weighted by atomic mass is 15.0. The summed E-state index contributed by atoms with van der Waals surface area (Å²) < 4.78 is 4.47. The second-order valence-electron chi connectivity index (χ2n) is 7.60. The van der Waals surface area contributed by atoms with E-state index in [2.05, 4.69) is 86.7 Å². The zero-order chi connectivity index (χ0) is 19.7. The largest absolute Gasteiger partial charge is 0.309 e. The fourth-order valence-electron chi connectivity index (χ4n) is 4.75. The lowest BCUT2D eigenvalue weighted by molar-refractivity contribution is 1.18. The van der Waals surface area contributed by atoms with E-state index < -0.39 is 0 Å². The predicted molar refractivity (Wildman–Crippen MR) is 122 cm³/mol. The van der Waals surface area contributed by atoms with Crippen molar-refractivity contribution in [2.24, 2.45) is 0 Å². The number of aromatic nitrogens is 4. The summed E-state index contributed by atoms with van der Waals surface area (Å²) in [6.07, 6.45) is 5.73. The molecule has 0 saturated carbocycles. The Balaban J connectivity index is 1.78. The van der Waals surface area contributed by atoms with Crippen molar-refractivity contribution in [3.05, 3.63) is 97.5 Å². The van der Waals surface area contributed by atoms with Crippen molar-refractivity contribution in [2.75, 3.05) is 0 Å². The number of hydrogen-bond donors (Lipinski definition) is 0. The Kier molecular flexibility index (Phi) is 2.97. The van der Waals surface area contributed by atoms with Gasteiger partial charge in [0.15, 0.2) is 0 Å². The van der Waals surface area contributed by atoms with Crippen LogP contribution in [0.25, 0.3) is 54.9 Å². The van der Waals surface area contributed by atoms with Crippen LogP contribution in [0.3, 0.4) is 0 Å². The molecule has 4 nitrogen and oxygen atoms in total. The molecule has 0 spiro atoms. The van der Waals surface area contributed by atoms with Crippen molar-refractivity contribution in [1.29, 1.82) is 0 Å². The quantitative estimate of drug-likeness (QED) is 0.319. The first-order chi connectivity index (χ1) is 14.9. The molecule has 0 aliphatic heterocycles. The Bertz CT molecular complexity index is 1740. The van der Waals surface area contributed by atoms with E-state index in [4.69, 9.17) is 4.98 Å². The molecular weight excluding hydrogens is 368 g/mol. The summed E-state index contributed by atoms with van der Waals surface area (Å²) in [5.41, 5.74) is 6.55. The highest BCUT2D eigenvalue weighted by Gasteiger charge is 2.16. The molecule has 4 heterocycles. The number of benzene rings is 3. The summed E-state index contributed by atoms with van der Waals surface area (Å²) in [5.74, 6) is 0. The van der Waals surface area contributed by atoms with E-state index in [0.29, 0.717) is 0 Å². The van der Waals surface area contributed by atoms with E-state index in [9.17, 15) is 0 Å². The van der Waals surface area contributed by atoms with Gasteiger partial charge in [-0.05, 0) is 42.5 Å². The van der Waals surface area contributed by atoms with Crippen molar-refractivity contribution in [3.63, 3.8) is 0 Å². The van der Waals surface area contributed by atoms with Gasteiger partial charge in [0.1, 0.15) is 5.65 Å². The Morgan fingerprint density at radius 3 is 2.33 bits per heavy atom.